The van der Waals surface area contributed by atoms with Gasteiger partial charge in [0, 0.05) is 44.8 Å². The Morgan fingerprint density at radius 2 is 1.53 bits per heavy atom. The van der Waals surface area contributed by atoms with Gasteiger partial charge in [-0.2, -0.15) is 0 Å². The quantitative estimate of drug-likeness (QED) is 0.588. The summed E-state index contributed by atoms with van der Waals surface area (Å²) in [6.45, 7) is 2.65. The molecule has 32 heavy (non-hydrogen) atoms. The average molecular weight is 435 g/mol. The molecule has 0 spiro atoms. The summed E-state index contributed by atoms with van der Waals surface area (Å²) in [7, 11) is 0. The van der Waals surface area contributed by atoms with Crippen LogP contribution in [0.1, 0.15) is 6.42 Å². The highest BCUT2D eigenvalue weighted by Crippen LogP contribution is 2.15. The number of nitrogens with one attached hydrogen (secondary N) is 2. The molecule has 3 aromatic rings. The van der Waals surface area contributed by atoms with E-state index in [2.05, 4.69) is 27.4 Å². The number of hydrogen-bond acceptors (Lipinski definition) is 5. The number of aromatic nitrogens is 2. The van der Waals surface area contributed by atoms with Crippen molar-refractivity contribution in [1.82, 2.24) is 20.0 Å². The van der Waals surface area contributed by atoms with Gasteiger partial charge in [-0.1, -0.05) is 30.3 Å². The van der Waals surface area contributed by atoms with Crippen LogP contribution in [-0.2, 0) is 16.1 Å². The lowest BCUT2D eigenvalue weighted by molar-refractivity contribution is -0.131. The molecule has 1 saturated heterocycles. The van der Waals surface area contributed by atoms with Gasteiger partial charge in [-0.25, -0.2) is 4.68 Å². The van der Waals surface area contributed by atoms with Crippen molar-refractivity contribution < 1.29 is 9.59 Å². The zero-order chi connectivity index (χ0) is 22.5. The minimum Gasteiger partial charge on any atom is -0.368 e. The van der Waals surface area contributed by atoms with Gasteiger partial charge >= 0.3 is 0 Å². The standard InChI is InChI=1S/C23H25N5O4/c29-20(16-28-23(32)19-9-5-4-8-18(19)22(31)25-28)24-11-10-21(30)27-14-12-26(13-15-27)17-6-2-1-3-7-17/h1-9H,10-16H2,(H,24,29)(H,25,31). The van der Waals surface area contributed by atoms with Crippen molar-refractivity contribution >= 4 is 28.3 Å². The lowest BCUT2D eigenvalue weighted by atomic mass is 10.2. The van der Waals surface area contributed by atoms with Crippen molar-refractivity contribution in [3.63, 3.8) is 0 Å². The summed E-state index contributed by atoms with van der Waals surface area (Å²) in [4.78, 5) is 53.4. The molecule has 0 radical (unpaired) electrons. The molecule has 9 heteroatoms. The number of piperazine rings is 1. The van der Waals surface area contributed by atoms with E-state index < -0.39 is 17.0 Å². The van der Waals surface area contributed by atoms with Crippen molar-refractivity contribution in [3.05, 3.63) is 75.3 Å². The fraction of sp³-hybridized carbons (Fsp3) is 0.304. The minimum atomic E-state index is -0.445. The molecule has 1 aliphatic rings. The van der Waals surface area contributed by atoms with Crippen LogP contribution in [-0.4, -0.2) is 59.2 Å². The van der Waals surface area contributed by atoms with Gasteiger partial charge in [0.2, 0.25) is 11.8 Å². The van der Waals surface area contributed by atoms with Crippen LogP contribution < -0.4 is 21.3 Å². The number of carbonyl (C=O) groups is 2. The molecule has 0 aliphatic carbocycles. The lowest BCUT2D eigenvalue weighted by Gasteiger charge is -2.36. The van der Waals surface area contributed by atoms with Crippen LogP contribution in [0, 0.1) is 0 Å². The monoisotopic (exact) mass is 435 g/mol. The largest absolute Gasteiger partial charge is 0.368 e. The Kier molecular flexibility index (Phi) is 6.34. The van der Waals surface area contributed by atoms with E-state index in [9.17, 15) is 19.2 Å². The second-order valence-electron chi connectivity index (χ2n) is 7.68. The van der Waals surface area contributed by atoms with E-state index in [1.165, 1.54) is 0 Å². The molecule has 4 rings (SSSR count). The summed E-state index contributed by atoms with van der Waals surface area (Å²) in [5, 5.41) is 5.62. The highest BCUT2D eigenvalue weighted by Gasteiger charge is 2.21. The molecule has 2 heterocycles. The Morgan fingerprint density at radius 3 is 2.25 bits per heavy atom. The predicted octanol–water partition coefficient (Wildman–Crippen LogP) is 0.545. The predicted molar refractivity (Wildman–Crippen MR) is 122 cm³/mol. The normalized spacial score (nSPS) is 13.9. The molecule has 0 bridgehead atoms. The van der Waals surface area contributed by atoms with Gasteiger partial charge in [-0.15, -0.1) is 0 Å². The van der Waals surface area contributed by atoms with Gasteiger partial charge in [-0.3, -0.25) is 24.3 Å². The Bertz CT molecular complexity index is 1230. The highest BCUT2D eigenvalue weighted by atomic mass is 16.2. The molecule has 166 valence electrons. The van der Waals surface area contributed by atoms with Crippen LogP contribution in [0.2, 0.25) is 0 Å². The Morgan fingerprint density at radius 1 is 0.875 bits per heavy atom. The maximum absolute atomic E-state index is 12.5. The molecule has 0 unspecified atom stereocenters. The van der Waals surface area contributed by atoms with Gasteiger partial charge < -0.3 is 15.1 Å². The first kappa shape index (κ1) is 21.4. The number of para-hydroxylation sites is 1. The summed E-state index contributed by atoms with van der Waals surface area (Å²) >= 11 is 0. The van der Waals surface area contributed by atoms with Gasteiger partial charge in [0.25, 0.3) is 11.1 Å². The zero-order valence-corrected chi connectivity index (χ0v) is 17.6. The molecule has 1 aromatic heterocycles. The van der Waals surface area contributed by atoms with E-state index in [1.807, 2.05) is 18.2 Å². The number of benzene rings is 2. The second-order valence-corrected chi connectivity index (χ2v) is 7.68. The Labute approximate surface area is 184 Å². The van der Waals surface area contributed by atoms with Crippen LogP contribution in [0.15, 0.2) is 64.2 Å². The average Bonchev–Trinajstić information content (AvgIpc) is 2.83. The number of aromatic amines is 1. The molecular formula is C23H25N5O4. The van der Waals surface area contributed by atoms with E-state index in [0.717, 1.165) is 23.5 Å². The molecule has 9 nitrogen and oxygen atoms in total. The van der Waals surface area contributed by atoms with Crippen molar-refractivity contribution in [2.45, 2.75) is 13.0 Å². The fourth-order valence-electron chi connectivity index (χ4n) is 3.88. The Balaban J connectivity index is 1.25. The van der Waals surface area contributed by atoms with Crippen LogP contribution in [0.5, 0.6) is 0 Å². The van der Waals surface area contributed by atoms with Crippen LogP contribution in [0.4, 0.5) is 5.69 Å². The maximum atomic E-state index is 12.5. The van der Waals surface area contributed by atoms with Crippen molar-refractivity contribution in [1.29, 1.82) is 0 Å². The first-order valence-corrected chi connectivity index (χ1v) is 10.6. The topological polar surface area (TPSA) is 108 Å². The van der Waals surface area contributed by atoms with E-state index >= 15 is 0 Å². The summed E-state index contributed by atoms with van der Waals surface area (Å²) in [5.41, 5.74) is 0.273. The molecule has 0 saturated carbocycles. The number of carbonyl (C=O) groups excluding carboxylic acids is 2. The number of hydrogen-bond donors (Lipinski definition) is 2. The van der Waals surface area contributed by atoms with Crippen molar-refractivity contribution in [3.8, 4) is 0 Å². The number of amides is 2. The number of fused-ring (bicyclic) bond motifs is 1. The van der Waals surface area contributed by atoms with E-state index in [4.69, 9.17) is 0 Å². The van der Waals surface area contributed by atoms with Gasteiger partial charge in [0.1, 0.15) is 6.54 Å². The molecule has 2 amide bonds. The Hall–Kier alpha value is -3.88. The molecule has 1 fully saturated rings. The second kappa shape index (κ2) is 9.51. The zero-order valence-electron chi connectivity index (χ0n) is 17.6. The fourth-order valence-corrected chi connectivity index (χ4v) is 3.88. The van der Waals surface area contributed by atoms with E-state index in [0.29, 0.717) is 13.1 Å². The van der Waals surface area contributed by atoms with Gasteiger partial charge in [0.15, 0.2) is 0 Å². The summed E-state index contributed by atoms with van der Waals surface area (Å²) in [6.07, 6.45) is 0.181. The first-order valence-electron chi connectivity index (χ1n) is 10.6. The number of nitrogens with zero attached hydrogens (tertiary/aromatic N) is 3. The van der Waals surface area contributed by atoms with Gasteiger partial charge in [0.05, 0.1) is 10.8 Å². The highest BCUT2D eigenvalue weighted by molar-refractivity contribution is 5.81. The number of anilines is 1. The van der Waals surface area contributed by atoms with Crippen LogP contribution in [0.25, 0.3) is 10.8 Å². The van der Waals surface area contributed by atoms with Crippen molar-refractivity contribution in [2.75, 3.05) is 37.6 Å². The lowest BCUT2D eigenvalue weighted by Crippen LogP contribution is -2.49. The van der Waals surface area contributed by atoms with Crippen LogP contribution in [0.3, 0.4) is 0 Å². The number of H-pyrrole nitrogens is 1. The van der Waals surface area contributed by atoms with Crippen molar-refractivity contribution in [2.24, 2.45) is 0 Å². The maximum Gasteiger partial charge on any atom is 0.273 e. The molecule has 2 aromatic carbocycles. The minimum absolute atomic E-state index is 0.0192. The third-order valence-corrected chi connectivity index (χ3v) is 5.60. The summed E-state index contributed by atoms with van der Waals surface area (Å²) in [6, 6.07) is 16.5. The third kappa shape index (κ3) is 4.72. The molecule has 1 aliphatic heterocycles. The third-order valence-electron chi connectivity index (χ3n) is 5.60. The molecular weight excluding hydrogens is 410 g/mol. The molecule has 2 N–H and O–H groups in total. The summed E-state index contributed by atoms with van der Waals surface area (Å²) in [5.74, 6) is -0.464. The first-order chi connectivity index (χ1) is 15.5. The number of rotatable bonds is 6. The van der Waals surface area contributed by atoms with E-state index in [-0.39, 0.29) is 36.2 Å². The smallest absolute Gasteiger partial charge is 0.273 e. The van der Waals surface area contributed by atoms with Crippen LogP contribution >= 0.6 is 0 Å². The molecule has 0 atom stereocenters. The van der Waals surface area contributed by atoms with Gasteiger partial charge in [-0.05, 0) is 24.3 Å². The summed E-state index contributed by atoms with van der Waals surface area (Å²) < 4.78 is 0.991. The van der Waals surface area contributed by atoms with E-state index in [1.54, 1.807) is 29.2 Å². The SMILES string of the molecule is O=C(Cn1[nH]c(=O)c2ccccc2c1=O)NCCC(=O)N1CCN(c2ccccc2)CC1.